The van der Waals surface area contributed by atoms with Crippen molar-refractivity contribution < 1.29 is 22.8 Å². The number of nitrogens with one attached hydrogen (secondary N) is 1. The molecule has 3 N–H and O–H groups in total. The molecule has 0 radical (unpaired) electrons. The maximum atomic E-state index is 13.9. The van der Waals surface area contributed by atoms with Crippen LogP contribution >= 0.6 is 11.3 Å². The number of carbonyl (C=O) groups excluding carboxylic acids is 2. The summed E-state index contributed by atoms with van der Waals surface area (Å²) >= 11 is 1.02. The highest BCUT2D eigenvalue weighted by molar-refractivity contribution is 7.14. The Balaban J connectivity index is 1.48. The molecular formula is C26H25F3N6O2S. The summed E-state index contributed by atoms with van der Waals surface area (Å²) in [5, 5.41) is 2.66. The predicted molar refractivity (Wildman–Crippen MR) is 138 cm³/mol. The van der Waals surface area contributed by atoms with Crippen molar-refractivity contribution in [2.75, 3.05) is 32.5 Å². The average Bonchev–Trinajstić information content (AvgIpc) is 3.53. The molecule has 1 aromatic carbocycles. The van der Waals surface area contributed by atoms with Crippen LogP contribution in [0.25, 0.3) is 0 Å². The van der Waals surface area contributed by atoms with E-state index in [0.29, 0.717) is 17.5 Å². The second-order valence-electron chi connectivity index (χ2n) is 9.04. The summed E-state index contributed by atoms with van der Waals surface area (Å²) in [4.78, 5) is 36.5. The Hall–Kier alpha value is -3.79. The molecule has 8 nitrogen and oxygen atoms in total. The van der Waals surface area contributed by atoms with E-state index in [9.17, 15) is 22.8 Å². The number of nitrogens with zero attached hydrogens (tertiary/aromatic N) is 4. The maximum absolute atomic E-state index is 13.9. The van der Waals surface area contributed by atoms with Gasteiger partial charge in [0.1, 0.15) is 5.69 Å². The minimum atomic E-state index is -4.57. The third-order valence-electron chi connectivity index (χ3n) is 6.10. The molecule has 3 heterocycles. The van der Waals surface area contributed by atoms with Gasteiger partial charge in [0.2, 0.25) is 0 Å². The number of carbonyl (C=O) groups is 2. The van der Waals surface area contributed by atoms with E-state index in [1.807, 2.05) is 19.0 Å². The van der Waals surface area contributed by atoms with Crippen LogP contribution in [-0.2, 0) is 12.7 Å². The van der Waals surface area contributed by atoms with Gasteiger partial charge < -0.3 is 16.0 Å². The molecule has 1 saturated heterocycles. The summed E-state index contributed by atoms with van der Waals surface area (Å²) < 4.78 is 41.7. The van der Waals surface area contributed by atoms with E-state index in [4.69, 9.17) is 5.73 Å². The molecule has 1 aliphatic rings. The first kappa shape index (κ1) is 27.3. The minimum Gasteiger partial charge on any atom is -0.364 e. The number of anilines is 1. The lowest BCUT2D eigenvalue weighted by molar-refractivity contribution is -0.138. The smallest absolute Gasteiger partial charge is 0.364 e. The van der Waals surface area contributed by atoms with Gasteiger partial charge in [-0.05, 0) is 62.2 Å². The fourth-order valence-corrected chi connectivity index (χ4v) is 4.71. The van der Waals surface area contributed by atoms with Crippen molar-refractivity contribution in [1.29, 1.82) is 0 Å². The van der Waals surface area contributed by atoms with E-state index >= 15 is 0 Å². The average molecular weight is 543 g/mol. The molecule has 4 rings (SSSR count). The first-order chi connectivity index (χ1) is 18.0. The zero-order chi connectivity index (χ0) is 27.4. The number of nitrogens with two attached hydrogens (primary N) is 1. The molecule has 0 unspecified atom stereocenters. The summed E-state index contributed by atoms with van der Waals surface area (Å²) in [5.74, 6) is 4.31. The number of alkyl halides is 3. The van der Waals surface area contributed by atoms with Gasteiger partial charge in [-0.15, -0.1) is 11.3 Å². The molecule has 38 heavy (non-hydrogen) atoms. The van der Waals surface area contributed by atoms with E-state index in [-0.39, 0.29) is 34.1 Å². The van der Waals surface area contributed by atoms with Crippen LogP contribution < -0.4 is 11.1 Å². The summed E-state index contributed by atoms with van der Waals surface area (Å²) in [6, 6.07) is 7.03. The molecule has 3 aromatic rings. The van der Waals surface area contributed by atoms with Crippen LogP contribution in [0.15, 0.2) is 42.7 Å². The lowest BCUT2D eigenvalue weighted by atomic mass is 10.0. The highest BCUT2D eigenvalue weighted by Crippen LogP contribution is 2.35. The zero-order valence-corrected chi connectivity index (χ0v) is 21.5. The number of amides is 2. The maximum Gasteiger partial charge on any atom is 0.416 e. The van der Waals surface area contributed by atoms with Gasteiger partial charge in [0.05, 0.1) is 16.6 Å². The first-order valence-electron chi connectivity index (χ1n) is 11.6. The van der Waals surface area contributed by atoms with Crippen molar-refractivity contribution in [3.63, 3.8) is 0 Å². The van der Waals surface area contributed by atoms with E-state index in [1.165, 1.54) is 36.7 Å². The molecule has 0 spiro atoms. The molecule has 0 saturated carbocycles. The van der Waals surface area contributed by atoms with Gasteiger partial charge in [0, 0.05) is 43.1 Å². The number of benzene rings is 1. The lowest BCUT2D eigenvalue weighted by Crippen LogP contribution is -2.31. The van der Waals surface area contributed by atoms with Crippen molar-refractivity contribution in [1.82, 2.24) is 19.8 Å². The van der Waals surface area contributed by atoms with Crippen molar-refractivity contribution in [2.24, 2.45) is 5.73 Å². The minimum absolute atomic E-state index is 0.0340. The Morgan fingerprint density at radius 1 is 1.21 bits per heavy atom. The van der Waals surface area contributed by atoms with Gasteiger partial charge in [0.25, 0.3) is 11.8 Å². The summed E-state index contributed by atoms with van der Waals surface area (Å²) in [7, 11) is 3.93. The van der Waals surface area contributed by atoms with E-state index in [1.54, 1.807) is 0 Å². The van der Waals surface area contributed by atoms with Gasteiger partial charge >= 0.3 is 6.18 Å². The Morgan fingerprint density at radius 3 is 2.66 bits per heavy atom. The van der Waals surface area contributed by atoms with Crippen LogP contribution in [0.2, 0.25) is 0 Å². The third kappa shape index (κ3) is 6.74. The monoisotopic (exact) mass is 542 g/mol. The van der Waals surface area contributed by atoms with E-state index in [2.05, 4.69) is 32.0 Å². The fraction of sp³-hybridized carbons (Fsp3) is 0.308. The molecular weight excluding hydrogens is 517 g/mol. The Labute approximate surface area is 221 Å². The number of thiazole rings is 1. The number of rotatable bonds is 6. The topological polar surface area (TPSA) is 104 Å². The molecule has 0 aliphatic carbocycles. The van der Waals surface area contributed by atoms with Crippen LogP contribution in [0.1, 0.15) is 48.3 Å². The van der Waals surface area contributed by atoms with Crippen LogP contribution in [0.3, 0.4) is 0 Å². The van der Waals surface area contributed by atoms with E-state index < -0.39 is 23.6 Å². The van der Waals surface area contributed by atoms with Crippen LogP contribution in [0, 0.1) is 11.8 Å². The SMILES string of the molecule is CN(C)[C@H]1CCN(Cc2ccc(NC(=O)c3ccnc(C#Cc4cnc(C(N)=O)s4)c3)cc2C(F)(F)F)C1. The highest BCUT2D eigenvalue weighted by atomic mass is 32.1. The van der Waals surface area contributed by atoms with Crippen molar-refractivity contribution in [2.45, 2.75) is 25.2 Å². The normalized spacial score (nSPS) is 15.8. The Kier molecular flexibility index (Phi) is 8.11. The molecule has 1 fully saturated rings. The van der Waals surface area contributed by atoms with Crippen molar-refractivity contribution in [3.8, 4) is 11.8 Å². The van der Waals surface area contributed by atoms with Gasteiger partial charge in [-0.25, -0.2) is 9.97 Å². The quantitative estimate of drug-likeness (QED) is 0.463. The molecule has 12 heteroatoms. The lowest BCUT2D eigenvalue weighted by Gasteiger charge is -2.22. The number of likely N-dealkylation sites (tertiary alicyclic amines) is 1. The molecule has 1 aliphatic heterocycles. The van der Waals surface area contributed by atoms with Crippen LogP contribution in [0.5, 0.6) is 0 Å². The second kappa shape index (κ2) is 11.3. The van der Waals surface area contributed by atoms with Crippen molar-refractivity contribution >= 4 is 28.8 Å². The molecule has 2 aromatic heterocycles. The molecule has 0 bridgehead atoms. The third-order valence-corrected chi connectivity index (χ3v) is 7.02. The van der Waals surface area contributed by atoms with Gasteiger partial charge in [-0.2, -0.15) is 13.2 Å². The van der Waals surface area contributed by atoms with Crippen molar-refractivity contribution in [3.05, 3.63) is 75.0 Å². The number of primary amides is 1. The number of halogens is 3. The number of pyridine rings is 1. The summed E-state index contributed by atoms with van der Waals surface area (Å²) in [6.45, 7) is 1.60. The summed E-state index contributed by atoms with van der Waals surface area (Å²) in [5.41, 5.74) is 5.05. The summed E-state index contributed by atoms with van der Waals surface area (Å²) in [6.07, 6.45) is -0.886. The Bertz CT molecular complexity index is 1410. The van der Waals surface area contributed by atoms with Crippen LogP contribution in [0.4, 0.5) is 18.9 Å². The fourth-order valence-electron chi connectivity index (χ4n) is 4.09. The van der Waals surface area contributed by atoms with Gasteiger partial charge in [0.15, 0.2) is 5.01 Å². The number of likely N-dealkylation sites (N-methyl/N-ethyl adjacent to an activating group) is 1. The predicted octanol–water partition coefficient (Wildman–Crippen LogP) is 3.44. The zero-order valence-electron chi connectivity index (χ0n) is 20.7. The van der Waals surface area contributed by atoms with E-state index in [0.717, 1.165) is 30.4 Å². The molecule has 2 amide bonds. The van der Waals surface area contributed by atoms with Crippen LogP contribution in [-0.4, -0.2) is 64.8 Å². The van der Waals surface area contributed by atoms with Gasteiger partial charge in [-0.1, -0.05) is 6.07 Å². The largest absolute Gasteiger partial charge is 0.416 e. The number of aromatic nitrogens is 2. The standard InChI is InChI=1S/C26H25F3N6O2S/c1-34(2)20-8-10-35(15-20)14-17-3-4-19(12-22(17)26(27,28)29)33-24(37)16-7-9-31-18(11-16)5-6-21-13-32-25(38-21)23(30)36/h3-4,7,9,11-13,20H,8,10,14-15H2,1-2H3,(H2,30,36)(H,33,37)/t20-/m0/s1. The Morgan fingerprint density at radius 2 is 2.00 bits per heavy atom. The highest BCUT2D eigenvalue weighted by Gasteiger charge is 2.35. The molecule has 198 valence electrons. The second-order valence-corrected chi connectivity index (χ2v) is 10.1. The van der Waals surface area contributed by atoms with Gasteiger partial charge in [-0.3, -0.25) is 14.5 Å². The molecule has 1 atom stereocenters. The first-order valence-corrected chi connectivity index (χ1v) is 12.4. The number of hydrogen-bond acceptors (Lipinski definition) is 7. The number of hydrogen-bond donors (Lipinski definition) is 2.